The van der Waals surface area contributed by atoms with E-state index < -0.39 is 11.7 Å². The molecular formula is C18H24F3N3O2. The minimum absolute atomic E-state index is 0.136. The van der Waals surface area contributed by atoms with Crippen LogP contribution in [0.1, 0.15) is 25.0 Å². The Labute approximate surface area is 151 Å². The van der Waals surface area contributed by atoms with E-state index in [1.54, 1.807) is 0 Å². The number of ether oxygens (including phenoxy) is 1. The molecule has 5 nitrogen and oxygen atoms in total. The molecule has 0 spiro atoms. The van der Waals surface area contributed by atoms with E-state index in [-0.39, 0.29) is 24.3 Å². The number of esters is 1. The molecule has 1 fully saturated rings. The van der Waals surface area contributed by atoms with E-state index in [0.717, 1.165) is 12.1 Å². The highest BCUT2D eigenvalue weighted by atomic mass is 19.4. The van der Waals surface area contributed by atoms with Gasteiger partial charge in [-0.2, -0.15) is 13.2 Å². The van der Waals surface area contributed by atoms with Crippen LogP contribution in [0.4, 0.5) is 13.2 Å². The van der Waals surface area contributed by atoms with Crippen molar-refractivity contribution in [1.29, 1.82) is 0 Å². The van der Waals surface area contributed by atoms with E-state index in [1.807, 2.05) is 18.7 Å². The zero-order chi connectivity index (χ0) is 19.3. The number of carbonyl (C=O) groups excluding carboxylic acids is 1. The normalized spacial score (nSPS) is 21.0. The van der Waals surface area contributed by atoms with Gasteiger partial charge in [-0.3, -0.25) is 4.79 Å². The van der Waals surface area contributed by atoms with E-state index in [0.29, 0.717) is 31.2 Å². The number of guanidine groups is 1. The third kappa shape index (κ3) is 4.89. The molecule has 1 aliphatic rings. The molecule has 2 unspecified atom stereocenters. The van der Waals surface area contributed by atoms with Crippen LogP contribution in [0, 0.1) is 11.8 Å². The fourth-order valence-corrected chi connectivity index (χ4v) is 2.99. The fourth-order valence-electron chi connectivity index (χ4n) is 2.99. The average molecular weight is 371 g/mol. The van der Waals surface area contributed by atoms with Crippen molar-refractivity contribution in [1.82, 2.24) is 10.2 Å². The number of hydrogen-bond donors (Lipinski definition) is 1. The monoisotopic (exact) mass is 371 g/mol. The molecule has 1 N–H and O–H groups in total. The zero-order valence-corrected chi connectivity index (χ0v) is 15.1. The Balaban J connectivity index is 2.08. The number of halogens is 3. The van der Waals surface area contributed by atoms with Crippen LogP contribution in [-0.4, -0.2) is 43.6 Å². The third-order valence-electron chi connectivity index (χ3n) is 4.44. The quantitative estimate of drug-likeness (QED) is 0.502. The van der Waals surface area contributed by atoms with Crippen molar-refractivity contribution >= 4 is 11.9 Å². The van der Waals surface area contributed by atoms with Crippen molar-refractivity contribution < 1.29 is 22.7 Å². The number of methoxy groups -OCH3 is 1. The number of aliphatic imine (C=N–C) groups is 1. The van der Waals surface area contributed by atoms with Crippen LogP contribution in [-0.2, 0) is 22.3 Å². The lowest BCUT2D eigenvalue weighted by atomic mass is 9.99. The van der Waals surface area contributed by atoms with Crippen LogP contribution in [0.15, 0.2) is 29.3 Å². The summed E-state index contributed by atoms with van der Waals surface area (Å²) in [6.07, 6.45) is -4.34. The summed E-state index contributed by atoms with van der Waals surface area (Å²) >= 11 is 0. The number of likely N-dealkylation sites (tertiary alicyclic amines) is 1. The van der Waals surface area contributed by atoms with Crippen molar-refractivity contribution in [3.8, 4) is 0 Å². The first-order valence-corrected chi connectivity index (χ1v) is 8.53. The lowest BCUT2D eigenvalue weighted by Gasteiger charge is -2.21. The van der Waals surface area contributed by atoms with Gasteiger partial charge in [-0.25, -0.2) is 4.99 Å². The van der Waals surface area contributed by atoms with E-state index in [4.69, 9.17) is 4.74 Å². The zero-order valence-electron chi connectivity index (χ0n) is 15.1. The summed E-state index contributed by atoms with van der Waals surface area (Å²) < 4.78 is 42.7. The number of rotatable bonds is 4. The largest absolute Gasteiger partial charge is 0.469 e. The highest BCUT2D eigenvalue weighted by Crippen LogP contribution is 2.29. The van der Waals surface area contributed by atoms with Gasteiger partial charge in [0.2, 0.25) is 0 Å². The van der Waals surface area contributed by atoms with Gasteiger partial charge in [0.1, 0.15) is 0 Å². The summed E-state index contributed by atoms with van der Waals surface area (Å²) in [5.74, 6) is 0.330. The van der Waals surface area contributed by atoms with Crippen molar-refractivity contribution in [3.05, 3.63) is 35.4 Å². The Morgan fingerprint density at radius 3 is 2.50 bits per heavy atom. The summed E-state index contributed by atoms with van der Waals surface area (Å²) in [4.78, 5) is 18.3. The van der Waals surface area contributed by atoms with Crippen LogP contribution in [0.25, 0.3) is 0 Å². The summed E-state index contributed by atoms with van der Waals surface area (Å²) in [6, 6.07) is 4.98. The van der Waals surface area contributed by atoms with Gasteiger partial charge in [0.05, 0.1) is 25.1 Å². The molecule has 0 amide bonds. The standard InChI is InChI=1S/C18H24F3N3O2/c1-4-22-17(24-10-12(2)15(11-24)16(25)26-3)23-9-13-5-7-14(8-6-13)18(19,20)21/h5-8,12,15H,4,9-11H2,1-3H3,(H,22,23). The number of hydrogen-bond acceptors (Lipinski definition) is 3. The average Bonchev–Trinajstić information content (AvgIpc) is 2.99. The minimum Gasteiger partial charge on any atom is -0.469 e. The minimum atomic E-state index is -4.34. The molecule has 2 atom stereocenters. The van der Waals surface area contributed by atoms with Gasteiger partial charge in [0, 0.05) is 19.6 Å². The Morgan fingerprint density at radius 2 is 1.96 bits per heavy atom. The second kappa shape index (κ2) is 8.42. The van der Waals surface area contributed by atoms with Crippen molar-refractivity contribution in [3.63, 3.8) is 0 Å². The van der Waals surface area contributed by atoms with Gasteiger partial charge in [0.25, 0.3) is 0 Å². The van der Waals surface area contributed by atoms with E-state index >= 15 is 0 Å². The Bertz CT molecular complexity index is 644. The molecule has 144 valence electrons. The van der Waals surface area contributed by atoms with E-state index in [2.05, 4.69) is 10.3 Å². The Kier molecular flexibility index (Phi) is 6.50. The van der Waals surface area contributed by atoms with Gasteiger partial charge in [-0.05, 0) is 30.5 Å². The molecule has 0 bridgehead atoms. The summed E-state index contributed by atoms with van der Waals surface area (Å²) in [5.41, 5.74) is 0.0107. The molecule has 0 aliphatic carbocycles. The Morgan fingerprint density at radius 1 is 1.31 bits per heavy atom. The number of nitrogens with one attached hydrogen (secondary N) is 1. The molecule has 8 heteroatoms. The van der Waals surface area contributed by atoms with Gasteiger partial charge in [0.15, 0.2) is 5.96 Å². The van der Waals surface area contributed by atoms with Crippen molar-refractivity contribution in [2.75, 3.05) is 26.7 Å². The molecule has 2 rings (SSSR count). The van der Waals surface area contributed by atoms with Gasteiger partial charge in [-0.15, -0.1) is 0 Å². The molecule has 1 aliphatic heterocycles. The van der Waals surface area contributed by atoms with Crippen LogP contribution in [0.2, 0.25) is 0 Å². The smallest absolute Gasteiger partial charge is 0.416 e. The number of benzene rings is 1. The van der Waals surface area contributed by atoms with Crippen LogP contribution < -0.4 is 5.32 Å². The maximum Gasteiger partial charge on any atom is 0.416 e. The highest BCUT2D eigenvalue weighted by Gasteiger charge is 2.36. The lowest BCUT2D eigenvalue weighted by Crippen LogP contribution is -2.40. The molecule has 1 saturated heterocycles. The van der Waals surface area contributed by atoms with Crippen LogP contribution in [0.3, 0.4) is 0 Å². The number of nitrogens with zero attached hydrogens (tertiary/aromatic N) is 2. The molecule has 1 aromatic rings. The third-order valence-corrected chi connectivity index (χ3v) is 4.44. The number of carbonyl (C=O) groups is 1. The van der Waals surface area contributed by atoms with E-state index in [9.17, 15) is 18.0 Å². The molecule has 1 heterocycles. The van der Waals surface area contributed by atoms with Crippen molar-refractivity contribution in [2.45, 2.75) is 26.6 Å². The second-order valence-electron chi connectivity index (χ2n) is 6.38. The van der Waals surface area contributed by atoms with Gasteiger partial charge in [-0.1, -0.05) is 19.1 Å². The SMILES string of the molecule is CCNC(=NCc1ccc(C(F)(F)F)cc1)N1CC(C)C(C(=O)OC)C1. The Hall–Kier alpha value is -2.25. The van der Waals surface area contributed by atoms with Crippen LogP contribution >= 0.6 is 0 Å². The first-order valence-electron chi connectivity index (χ1n) is 8.53. The topological polar surface area (TPSA) is 53.9 Å². The number of alkyl halides is 3. The first kappa shape index (κ1) is 20.1. The second-order valence-corrected chi connectivity index (χ2v) is 6.38. The summed E-state index contributed by atoms with van der Waals surface area (Å²) in [6.45, 7) is 6.01. The lowest BCUT2D eigenvalue weighted by molar-refractivity contribution is -0.146. The molecule has 26 heavy (non-hydrogen) atoms. The molecule has 0 radical (unpaired) electrons. The fraction of sp³-hybridized carbons (Fsp3) is 0.556. The highest BCUT2D eigenvalue weighted by molar-refractivity contribution is 5.82. The molecule has 0 aromatic heterocycles. The molecule has 0 saturated carbocycles. The van der Waals surface area contributed by atoms with Gasteiger partial charge < -0.3 is 15.0 Å². The first-order chi connectivity index (χ1) is 12.3. The van der Waals surface area contributed by atoms with E-state index in [1.165, 1.54) is 19.2 Å². The predicted octanol–water partition coefficient (Wildman–Crippen LogP) is 2.91. The summed E-state index contributed by atoms with van der Waals surface area (Å²) in [7, 11) is 1.38. The summed E-state index contributed by atoms with van der Waals surface area (Å²) in [5, 5.41) is 3.17. The molecule has 1 aromatic carbocycles. The maximum atomic E-state index is 12.6. The van der Waals surface area contributed by atoms with Gasteiger partial charge >= 0.3 is 12.1 Å². The molecular weight excluding hydrogens is 347 g/mol. The predicted molar refractivity (Wildman–Crippen MR) is 92.5 cm³/mol. The van der Waals surface area contributed by atoms with Crippen molar-refractivity contribution in [2.24, 2.45) is 16.8 Å². The van der Waals surface area contributed by atoms with Crippen LogP contribution in [0.5, 0.6) is 0 Å². The maximum absolute atomic E-state index is 12.6.